The van der Waals surface area contributed by atoms with Crippen LogP contribution in [0.3, 0.4) is 0 Å². The van der Waals surface area contributed by atoms with Crippen molar-refractivity contribution in [2.45, 2.75) is 20.4 Å². The van der Waals surface area contributed by atoms with E-state index < -0.39 is 0 Å². The molecule has 140 valence electrons. The maximum Gasteiger partial charge on any atom is 0.257 e. The number of aromatic nitrogens is 2. The third-order valence-electron chi connectivity index (χ3n) is 4.32. The first kappa shape index (κ1) is 18.6. The molecular weight excluding hydrogens is 345 g/mol. The molecule has 27 heavy (non-hydrogen) atoms. The highest BCUT2D eigenvalue weighted by molar-refractivity contribution is 5.95. The minimum Gasteiger partial charge on any atom is -0.494 e. The van der Waals surface area contributed by atoms with Crippen LogP contribution in [0.4, 0.5) is 4.39 Å². The van der Waals surface area contributed by atoms with Crippen molar-refractivity contribution in [3.8, 4) is 11.4 Å². The summed E-state index contributed by atoms with van der Waals surface area (Å²) < 4.78 is 20.9. The zero-order valence-electron chi connectivity index (χ0n) is 15.6. The Morgan fingerprint density at radius 1 is 1.19 bits per heavy atom. The van der Waals surface area contributed by atoms with E-state index >= 15 is 0 Å². The van der Waals surface area contributed by atoms with Crippen LogP contribution in [0.2, 0.25) is 0 Å². The molecule has 0 fully saturated rings. The number of hydrogen-bond acceptors (Lipinski definition) is 3. The van der Waals surface area contributed by atoms with Gasteiger partial charge in [-0.1, -0.05) is 24.3 Å². The smallest absolute Gasteiger partial charge is 0.257 e. The number of benzene rings is 2. The summed E-state index contributed by atoms with van der Waals surface area (Å²) in [5.41, 5.74) is 2.37. The van der Waals surface area contributed by atoms with E-state index in [4.69, 9.17) is 4.74 Å². The number of halogens is 1. The van der Waals surface area contributed by atoms with Crippen LogP contribution in [0.25, 0.3) is 5.69 Å². The van der Waals surface area contributed by atoms with Gasteiger partial charge in [-0.05, 0) is 43.7 Å². The van der Waals surface area contributed by atoms with Gasteiger partial charge in [0.25, 0.3) is 5.91 Å². The van der Waals surface area contributed by atoms with Gasteiger partial charge in [0.05, 0.1) is 24.1 Å². The average Bonchev–Trinajstić information content (AvgIpc) is 3.04. The van der Waals surface area contributed by atoms with Crippen LogP contribution in [0.15, 0.2) is 54.7 Å². The fourth-order valence-electron chi connectivity index (χ4n) is 2.89. The quantitative estimate of drug-likeness (QED) is 0.662. The highest BCUT2D eigenvalue weighted by Crippen LogP contribution is 2.19. The van der Waals surface area contributed by atoms with Gasteiger partial charge in [0.2, 0.25) is 0 Å². The van der Waals surface area contributed by atoms with Crippen molar-refractivity contribution in [2.24, 2.45) is 0 Å². The minimum absolute atomic E-state index is 0.163. The summed E-state index contributed by atoms with van der Waals surface area (Å²) in [7, 11) is 1.73. The highest BCUT2D eigenvalue weighted by atomic mass is 19.1. The molecule has 1 aromatic heterocycles. The molecule has 0 N–H and O–H groups in total. The van der Waals surface area contributed by atoms with E-state index in [1.54, 1.807) is 37.1 Å². The lowest BCUT2D eigenvalue weighted by atomic mass is 10.2. The number of para-hydroxylation sites is 1. The lowest BCUT2D eigenvalue weighted by Crippen LogP contribution is -2.26. The molecule has 1 amide bonds. The molecule has 0 radical (unpaired) electrons. The first-order chi connectivity index (χ1) is 13.0. The highest BCUT2D eigenvalue weighted by Gasteiger charge is 2.20. The summed E-state index contributed by atoms with van der Waals surface area (Å²) in [6.45, 7) is 4.76. The van der Waals surface area contributed by atoms with Crippen molar-refractivity contribution in [2.75, 3.05) is 13.7 Å². The fourth-order valence-corrected chi connectivity index (χ4v) is 2.89. The second kappa shape index (κ2) is 8.03. The second-order valence-corrected chi connectivity index (χ2v) is 6.25. The summed E-state index contributed by atoms with van der Waals surface area (Å²) in [6.07, 6.45) is 1.48. The van der Waals surface area contributed by atoms with Crippen LogP contribution >= 0.6 is 0 Å². The van der Waals surface area contributed by atoms with Gasteiger partial charge in [0.15, 0.2) is 0 Å². The molecule has 3 rings (SSSR count). The number of carbonyl (C=O) groups excluding carboxylic acids is 1. The van der Waals surface area contributed by atoms with E-state index in [0.29, 0.717) is 30.1 Å². The Labute approximate surface area is 158 Å². The van der Waals surface area contributed by atoms with Crippen molar-refractivity contribution >= 4 is 5.91 Å². The molecule has 0 unspecified atom stereocenters. The topological polar surface area (TPSA) is 47.4 Å². The van der Waals surface area contributed by atoms with Crippen molar-refractivity contribution in [3.05, 3.63) is 77.4 Å². The van der Waals surface area contributed by atoms with E-state index in [2.05, 4.69) is 5.10 Å². The van der Waals surface area contributed by atoms with E-state index in [9.17, 15) is 9.18 Å². The van der Waals surface area contributed by atoms with E-state index in [0.717, 1.165) is 11.3 Å². The molecule has 0 aliphatic carbocycles. The third-order valence-corrected chi connectivity index (χ3v) is 4.32. The molecule has 6 heteroatoms. The molecule has 0 bridgehead atoms. The van der Waals surface area contributed by atoms with Gasteiger partial charge in [-0.25, -0.2) is 9.07 Å². The zero-order chi connectivity index (χ0) is 19.4. The zero-order valence-corrected chi connectivity index (χ0v) is 15.6. The average molecular weight is 367 g/mol. The molecular formula is C21H22FN3O2. The lowest BCUT2D eigenvalue weighted by Gasteiger charge is -2.17. The van der Waals surface area contributed by atoms with Gasteiger partial charge in [-0.15, -0.1) is 0 Å². The number of nitrogens with zero attached hydrogens (tertiary/aromatic N) is 3. The number of rotatable bonds is 6. The Morgan fingerprint density at radius 3 is 2.56 bits per heavy atom. The Balaban J connectivity index is 1.76. The molecule has 0 aliphatic rings. The van der Waals surface area contributed by atoms with E-state index in [-0.39, 0.29) is 11.7 Å². The van der Waals surface area contributed by atoms with Gasteiger partial charge in [-0.2, -0.15) is 5.10 Å². The van der Waals surface area contributed by atoms with Crippen molar-refractivity contribution in [3.63, 3.8) is 0 Å². The summed E-state index contributed by atoms with van der Waals surface area (Å²) in [5.74, 6) is 0.256. The van der Waals surface area contributed by atoms with E-state index in [1.165, 1.54) is 16.9 Å². The molecule has 0 saturated carbocycles. The Hall–Kier alpha value is -3.15. The standard InChI is InChI=1S/C21H22FN3O2/c1-4-27-17-11-9-16(10-12-17)14-24(3)21(26)18-13-23-25(15(18)2)20-8-6-5-7-19(20)22/h5-13H,4,14H2,1-3H3. The van der Waals surface area contributed by atoms with Crippen LogP contribution in [0.5, 0.6) is 5.75 Å². The van der Waals surface area contributed by atoms with Gasteiger partial charge < -0.3 is 9.64 Å². The SMILES string of the molecule is CCOc1ccc(CN(C)C(=O)c2cnn(-c3ccccc3F)c2C)cc1. The monoisotopic (exact) mass is 367 g/mol. The van der Waals surface area contributed by atoms with Crippen LogP contribution in [0, 0.1) is 12.7 Å². The summed E-state index contributed by atoms with van der Waals surface area (Å²) >= 11 is 0. The second-order valence-electron chi connectivity index (χ2n) is 6.25. The van der Waals surface area contributed by atoms with Crippen molar-refractivity contribution in [1.82, 2.24) is 14.7 Å². The molecule has 0 spiro atoms. The maximum absolute atomic E-state index is 14.0. The summed E-state index contributed by atoms with van der Waals surface area (Å²) in [5, 5.41) is 4.20. The minimum atomic E-state index is -0.384. The molecule has 0 saturated heterocycles. The van der Waals surface area contributed by atoms with Crippen molar-refractivity contribution in [1.29, 1.82) is 0 Å². The van der Waals surface area contributed by atoms with Gasteiger partial charge in [0, 0.05) is 13.6 Å². The Morgan fingerprint density at radius 2 is 1.89 bits per heavy atom. The van der Waals surface area contributed by atoms with Crippen molar-refractivity contribution < 1.29 is 13.9 Å². The largest absolute Gasteiger partial charge is 0.494 e. The van der Waals surface area contributed by atoms with Crippen LogP contribution < -0.4 is 4.74 Å². The van der Waals surface area contributed by atoms with Gasteiger partial charge in [-0.3, -0.25) is 4.79 Å². The molecule has 2 aromatic carbocycles. The predicted molar refractivity (Wildman–Crippen MR) is 102 cm³/mol. The molecule has 5 nitrogen and oxygen atoms in total. The summed E-state index contributed by atoms with van der Waals surface area (Å²) in [6, 6.07) is 14.0. The first-order valence-corrected chi connectivity index (χ1v) is 8.78. The number of carbonyl (C=O) groups is 1. The predicted octanol–water partition coefficient (Wildman–Crippen LogP) is 3.99. The lowest BCUT2D eigenvalue weighted by molar-refractivity contribution is 0.0784. The molecule has 0 atom stereocenters. The third kappa shape index (κ3) is 4.00. The molecule has 0 aliphatic heterocycles. The first-order valence-electron chi connectivity index (χ1n) is 8.78. The molecule has 3 aromatic rings. The maximum atomic E-state index is 14.0. The molecule has 1 heterocycles. The van der Waals surface area contributed by atoms with Crippen LogP contribution in [0.1, 0.15) is 28.5 Å². The van der Waals surface area contributed by atoms with Gasteiger partial charge >= 0.3 is 0 Å². The Bertz CT molecular complexity index is 935. The number of amides is 1. The Kier molecular flexibility index (Phi) is 5.54. The summed E-state index contributed by atoms with van der Waals surface area (Å²) in [4.78, 5) is 14.4. The normalized spacial score (nSPS) is 10.7. The number of ether oxygens (including phenoxy) is 1. The van der Waals surface area contributed by atoms with Crippen LogP contribution in [-0.4, -0.2) is 34.2 Å². The van der Waals surface area contributed by atoms with E-state index in [1.807, 2.05) is 31.2 Å². The number of hydrogen-bond donors (Lipinski definition) is 0. The van der Waals surface area contributed by atoms with Crippen LogP contribution in [-0.2, 0) is 6.54 Å². The van der Waals surface area contributed by atoms with Gasteiger partial charge in [0.1, 0.15) is 17.3 Å². The fraction of sp³-hybridized carbons (Fsp3) is 0.238.